The van der Waals surface area contributed by atoms with E-state index in [1.807, 2.05) is 0 Å². The van der Waals surface area contributed by atoms with Crippen LogP contribution in [0.3, 0.4) is 0 Å². The molecule has 19 heavy (non-hydrogen) atoms. The SMILES string of the molecule is Cc1cc(C(=O)c2cc(C)c(O)cc2C)ccc1O. The summed E-state index contributed by atoms with van der Waals surface area (Å²) < 4.78 is 0. The molecule has 0 aliphatic heterocycles. The van der Waals surface area contributed by atoms with Crippen LogP contribution in [0.15, 0.2) is 30.3 Å². The van der Waals surface area contributed by atoms with Gasteiger partial charge in [0.25, 0.3) is 0 Å². The Morgan fingerprint density at radius 2 is 1.47 bits per heavy atom. The second-order valence-electron chi connectivity index (χ2n) is 4.78. The van der Waals surface area contributed by atoms with Crippen LogP contribution in [0.1, 0.15) is 32.6 Å². The smallest absolute Gasteiger partial charge is 0.193 e. The summed E-state index contributed by atoms with van der Waals surface area (Å²) in [6, 6.07) is 8.07. The van der Waals surface area contributed by atoms with Gasteiger partial charge in [-0.2, -0.15) is 0 Å². The van der Waals surface area contributed by atoms with E-state index in [0.717, 1.165) is 5.56 Å². The van der Waals surface area contributed by atoms with Crippen LogP contribution in [0.4, 0.5) is 0 Å². The van der Waals surface area contributed by atoms with Crippen LogP contribution >= 0.6 is 0 Å². The molecule has 2 N–H and O–H groups in total. The van der Waals surface area contributed by atoms with E-state index in [0.29, 0.717) is 22.3 Å². The molecule has 0 spiro atoms. The van der Waals surface area contributed by atoms with E-state index in [9.17, 15) is 15.0 Å². The van der Waals surface area contributed by atoms with Gasteiger partial charge in [-0.1, -0.05) is 0 Å². The molecule has 0 aromatic heterocycles. The van der Waals surface area contributed by atoms with Gasteiger partial charge in [-0.15, -0.1) is 0 Å². The molecule has 0 aliphatic carbocycles. The number of phenols is 2. The number of carbonyl (C=O) groups excluding carboxylic acids is 1. The minimum atomic E-state index is -0.108. The zero-order chi connectivity index (χ0) is 14.2. The average Bonchev–Trinajstić information content (AvgIpc) is 2.36. The molecule has 3 heteroatoms. The molecule has 0 amide bonds. The molecular weight excluding hydrogens is 240 g/mol. The van der Waals surface area contributed by atoms with Crippen molar-refractivity contribution >= 4 is 5.78 Å². The number of aromatic hydroxyl groups is 2. The maximum absolute atomic E-state index is 12.4. The molecule has 0 atom stereocenters. The van der Waals surface area contributed by atoms with Gasteiger partial charge in [-0.25, -0.2) is 0 Å². The van der Waals surface area contributed by atoms with E-state index in [4.69, 9.17) is 0 Å². The van der Waals surface area contributed by atoms with Crippen molar-refractivity contribution in [2.45, 2.75) is 20.8 Å². The highest BCUT2D eigenvalue weighted by Gasteiger charge is 2.14. The lowest BCUT2D eigenvalue weighted by Gasteiger charge is -2.09. The normalized spacial score (nSPS) is 10.5. The second kappa shape index (κ2) is 4.76. The molecule has 3 nitrogen and oxygen atoms in total. The predicted molar refractivity (Wildman–Crippen MR) is 73.9 cm³/mol. The lowest BCUT2D eigenvalue weighted by atomic mass is 9.96. The van der Waals surface area contributed by atoms with Crippen LogP contribution in [0, 0.1) is 20.8 Å². The van der Waals surface area contributed by atoms with Gasteiger partial charge in [-0.3, -0.25) is 4.79 Å². The topological polar surface area (TPSA) is 57.5 Å². The lowest BCUT2D eigenvalue weighted by molar-refractivity contribution is 0.103. The van der Waals surface area contributed by atoms with Crippen LogP contribution < -0.4 is 0 Å². The van der Waals surface area contributed by atoms with E-state index in [1.165, 1.54) is 6.07 Å². The second-order valence-corrected chi connectivity index (χ2v) is 4.78. The minimum Gasteiger partial charge on any atom is -0.508 e. The maximum Gasteiger partial charge on any atom is 0.193 e. The minimum absolute atomic E-state index is 0.108. The third-order valence-corrected chi connectivity index (χ3v) is 3.25. The van der Waals surface area contributed by atoms with Crippen LogP contribution in [0.25, 0.3) is 0 Å². The standard InChI is InChI=1S/C16H16O3/c1-9-8-15(18)11(3)7-13(9)16(19)12-4-5-14(17)10(2)6-12/h4-8,17-18H,1-3H3. The molecule has 2 aromatic rings. The highest BCUT2D eigenvalue weighted by Crippen LogP contribution is 2.25. The molecule has 0 unspecified atom stereocenters. The fourth-order valence-electron chi connectivity index (χ4n) is 2.00. The molecule has 0 fully saturated rings. The number of hydrogen-bond acceptors (Lipinski definition) is 3. The Morgan fingerprint density at radius 1 is 0.842 bits per heavy atom. The molecule has 2 rings (SSSR count). The molecular formula is C16H16O3. The first-order valence-electron chi connectivity index (χ1n) is 6.04. The van der Waals surface area contributed by atoms with Crippen molar-refractivity contribution in [2.24, 2.45) is 0 Å². The Bertz CT molecular complexity index is 657. The molecule has 0 aliphatic rings. The number of hydrogen-bond donors (Lipinski definition) is 2. The molecule has 98 valence electrons. The summed E-state index contributed by atoms with van der Waals surface area (Å²) in [4.78, 5) is 12.4. The van der Waals surface area contributed by atoms with Gasteiger partial charge in [0.2, 0.25) is 0 Å². The van der Waals surface area contributed by atoms with Crippen LogP contribution in [-0.2, 0) is 0 Å². The van der Waals surface area contributed by atoms with Crippen molar-refractivity contribution in [2.75, 3.05) is 0 Å². The monoisotopic (exact) mass is 256 g/mol. The highest BCUT2D eigenvalue weighted by atomic mass is 16.3. The first kappa shape index (κ1) is 13.1. The molecule has 0 saturated heterocycles. The van der Waals surface area contributed by atoms with E-state index < -0.39 is 0 Å². The Balaban J connectivity index is 2.49. The number of aryl methyl sites for hydroxylation is 3. The summed E-state index contributed by atoms with van der Waals surface area (Å²) in [5.74, 6) is 0.259. The van der Waals surface area contributed by atoms with Gasteiger partial charge in [0.05, 0.1) is 0 Å². The Morgan fingerprint density at radius 3 is 2.11 bits per heavy atom. The van der Waals surface area contributed by atoms with Crippen molar-refractivity contribution in [3.63, 3.8) is 0 Å². The van der Waals surface area contributed by atoms with Crippen molar-refractivity contribution < 1.29 is 15.0 Å². The average molecular weight is 256 g/mol. The van der Waals surface area contributed by atoms with Crippen LogP contribution in [-0.4, -0.2) is 16.0 Å². The first-order valence-corrected chi connectivity index (χ1v) is 6.04. The number of ketones is 1. The highest BCUT2D eigenvalue weighted by molar-refractivity contribution is 6.10. The van der Waals surface area contributed by atoms with E-state index in [-0.39, 0.29) is 17.3 Å². The molecule has 0 bridgehead atoms. The van der Waals surface area contributed by atoms with Gasteiger partial charge in [0.15, 0.2) is 5.78 Å². The lowest BCUT2D eigenvalue weighted by Crippen LogP contribution is -2.04. The first-order chi connectivity index (χ1) is 8.90. The van der Waals surface area contributed by atoms with Crippen molar-refractivity contribution in [1.29, 1.82) is 0 Å². The quantitative estimate of drug-likeness (QED) is 0.811. The van der Waals surface area contributed by atoms with Crippen molar-refractivity contribution in [1.82, 2.24) is 0 Å². The van der Waals surface area contributed by atoms with Gasteiger partial charge in [-0.05, 0) is 67.8 Å². The Labute approximate surface area is 112 Å². The zero-order valence-electron chi connectivity index (χ0n) is 11.2. The predicted octanol–water partition coefficient (Wildman–Crippen LogP) is 3.25. The van der Waals surface area contributed by atoms with Crippen molar-refractivity contribution in [3.05, 3.63) is 58.1 Å². The zero-order valence-corrected chi connectivity index (χ0v) is 11.2. The molecule has 0 radical (unpaired) electrons. The molecule has 0 saturated carbocycles. The Hall–Kier alpha value is -2.29. The third-order valence-electron chi connectivity index (χ3n) is 3.25. The maximum atomic E-state index is 12.4. The fourth-order valence-corrected chi connectivity index (χ4v) is 2.00. The number of carbonyl (C=O) groups is 1. The summed E-state index contributed by atoms with van der Waals surface area (Å²) in [5.41, 5.74) is 3.17. The number of rotatable bonds is 2. The number of phenolic OH excluding ortho intramolecular Hbond substituents is 2. The number of benzene rings is 2. The fraction of sp³-hybridized carbons (Fsp3) is 0.188. The van der Waals surface area contributed by atoms with Gasteiger partial charge >= 0.3 is 0 Å². The summed E-state index contributed by atoms with van der Waals surface area (Å²) in [6.07, 6.45) is 0. The summed E-state index contributed by atoms with van der Waals surface area (Å²) in [7, 11) is 0. The summed E-state index contributed by atoms with van der Waals surface area (Å²) in [6.45, 7) is 5.30. The van der Waals surface area contributed by atoms with Crippen molar-refractivity contribution in [3.8, 4) is 11.5 Å². The van der Waals surface area contributed by atoms with Gasteiger partial charge < -0.3 is 10.2 Å². The summed E-state index contributed by atoms with van der Waals surface area (Å²) >= 11 is 0. The van der Waals surface area contributed by atoms with Crippen LogP contribution in [0.2, 0.25) is 0 Å². The summed E-state index contributed by atoms with van der Waals surface area (Å²) in [5, 5.41) is 19.1. The van der Waals surface area contributed by atoms with Gasteiger partial charge in [0, 0.05) is 11.1 Å². The van der Waals surface area contributed by atoms with Gasteiger partial charge in [0.1, 0.15) is 11.5 Å². The van der Waals surface area contributed by atoms with Crippen LogP contribution in [0.5, 0.6) is 11.5 Å². The largest absolute Gasteiger partial charge is 0.508 e. The molecule has 0 heterocycles. The Kier molecular flexibility index (Phi) is 3.30. The van der Waals surface area contributed by atoms with E-state index >= 15 is 0 Å². The van der Waals surface area contributed by atoms with E-state index in [1.54, 1.807) is 45.0 Å². The van der Waals surface area contributed by atoms with E-state index in [2.05, 4.69) is 0 Å². The third kappa shape index (κ3) is 2.45. The molecule has 2 aromatic carbocycles.